The summed E-state index contributed by atoms with van der Waals surface area (Å²) >= 11 is 0. The number of hydrogen-bond acceptors (Lipinski definition) is 6. The number of allylic oxidation sites excluding steroid dienone is 1. The number of hydrogen-bond donors (Lipinski definition) is 3. The molecule has 0 atom stereocenters. The van der Waals surface area contributed by atoms with Gasteiger partial charge in [0.1, 0.15) is 17.5 Å². The van der Waals surface area contributed by atoms with Crippen molar-refractivity contribution >= 4 is 22.9 Å². The predicted octanol–water partition coefficient (Wildman–Crippen LogP) is 1.91. The van der Waals surface area contributed by atoms with E-state index in [4.69, 9.17) is 5.26 Å². The van der Waals surface area contributed by atoms with Crippen LogP contribution in [0.5, 0.6) is 0 Å². The van der Waals surface area contributed by atoms with E-state index in [1.165, 1.54) is 24.4 Å². The quantitative estimate of drug-likeness (QED) is 0.725. The highest BCUT2D eigenvalue weighted by Gasteiger charge is 2.11. The molecule has 0 aliphatic rings. The van der Waals surface area contributed by atoms with Crippen molar-refractivity contribution in [3.63, 3.8) is 0 Å². The molecule has 0 aliphatic carbocycles. The Balaban J connectivity index is 2.18. The van der Waals surface area contributed by atoms with Crippen molar-refractivity contribution in [2.24, 2.45) is 5.92 Å². The van der Waals surface area contributed by atoms with Crippen molar-refractivity contribution < 1.29 is 9.18 Å². The Morgan fingerprint density at radius 2 is 2.26 bits per heavy atom. The van der Waals surface area contributed by atoms with Gasteiger partial charge in [-0.3, -0.25) is 4.79 Å². The van der Waals surface area contributed by atoms with Gasteiger partial charge in [0, 0.05) is 17.8 Å². The summed E-state index contributed by atoms with van der Waals surface area (Å²) in [5, 5.41) is 27.4. The van der Waals surface area contributed by atoms with Crippen molar-refractivity contribution in [1.29, 1.82) is 5.26 Å². The van der Waals surface area contributed by atoms with Gasteiger partial charge >= 0.3 is 0 Å². The van der Waals surface area contributed by atoms with E-state index in [-0.39, 0.29) is 28.9 Å². The molecular formula is C14H14FN7O. The zero-order valence-electron chi connectivity index (χ0n) is 12.5. The largest absolute Gasteiger partial charge is 0.360 e. The van der Waals surface area contributed by atoms with Crippen molar-refractivity contribution in [2.75, 3.05) is 10.6 Å². The van der Waals surface area contributed by atoms with Crippen LogP contribution >= 0.6 is 0 Å². The number of aromatic nitrogens is 4. The molecule has 1 aromatic heterocycles. The van der Waals surface area contributed by atoms with Gasteiger partial charge in [-0.15, -0.1) is 10.2 Å². The van der Waals surface area contributed by atoms with Crippen LogP contribution in [0, 0.1) is 23.1 Å². The molecule has 0 radical (unpaired) electrons. The van der Waals surface area contributed by atoms with Crippen LogP contribution in [0.3, 0.4) is 0 Å². The SMILES string of the molecule is CC(C)C(=O)Nc1cc(NC=C(C#N)c2nn[nH]n2)ccc1F. The molecule has 118 valence electrons. The second kappa shape index (κ2) is 7.13. The van der Waals surface area contributed by atoms with Crippen molar-refractivity contribution in [2.45, 2.75) is 13.8 Å². The van der Waals surface area contributed by atoms with Crippen LogP contribution in [0.15, 0.2) is 24.4 Å². The fourth-order valence-corrected chi connectivity index (χ4v) is 1.57. The monoisotopic (exact) mass is 315 g/mol. The maximum Gasteiger partial charge on any atom is 0.227 e. The molecule has 2 aromatic rings. The van der Waals surface area contributed by atoms with Gasteiger partial charge in [0.25, 0.3) is 0 Å². The highest BCUT2D eigenvalue weighted by atomic mass is 19.1. The zero-order valence-corrected chi connectivity index (χ0v) is 12.5. The van der Waals surface area contributed by atoms with Gasteiger partial charge in [0.2, 0.25) is 11.7 Å². The Kier molecular flexibility index (Phi) is 4.99. The molecule has 0 spiro atoms. The molecule has 1 amide bonds. The summed E-state index contributed by atoms with van der Waals surface area (Å²) in [5.41, 5.74) is 0.692. The number of nitrogens with zero attached hydrogens (tertiary/aromatic N) is 4. The molecule has 9 heteroatoms. The van der Waals surface area contributed by atoms with Gasteiger partial charge in [-0.25, -0.2) is 4.39 Å². The normalized spacial score (nSPS) is 11.2. The van der Waals surface area contributed by atoms with E-state index in [9.17, 15) is 9.18 Å². The molecule has 8 nitrogen and oxygen atoms in total. The third-order valence-electron chi connectivity index (χ3n) is 2.84. The van der Waals surface area contributed by atoms with E-state index in [0.717, 1.165) is 0 Å². The number of H-pyrrole nitrogens is 1. The van der Waals surface area contributed by atoms with E-state index >= 15 is 0 Å². The summed E-state index contributed by atoms with van der Waals surface area (Å²) in [6, 6.07) is 6.03. The van der Waals surface area contributed by atoms with Gasteiger partial charge in [-0.05, 0) is 23.4 Å². The molecule has 2 rings (SSSR count). The van der Waals surface area contributed by atoms with Crippen LogP contribution < -0.4 is 10.6 Å². The van der Waals surface area contributed by atoms with Gasteiger partial charge in [-0.2, -0.15) is 10.5 Å². The Labute approximate surface area is 131 Å². The highest BCUT2D eigenvalue weighted by molar-refractivity contribution is 5.92. The molecule has 0 saturated heterocycles. The molecule has 1 heterocycles. The zero-order chi connectivity index (χ0) is 16.8. The maximum atomic E-state index is 13.7. The number of amides is 1. The average molecular weight is 315 g/mol. The fourth-order valence-electron chi connectivity index (χ4n) is 1.57. The number of nitriles is 1. The first-order chi connectivity index (χ1) is 11.0. The van der Waals surface area contributed by atoms with Crippen LogP contribution in [0.25, 0.3) is 5.57 Å². The van der Waals surface area contributed by atoms with E-state index in [1.807, 2.05) is 6.07 Å². The lowest BCUT2D eigenvalue weighted by Gasteiger charge is -2.10. The Morgan fingerprint density at radius 1 is 1.48 bits per heavy atom. The first-order valence-electron chi connectivity index (χ1n) is 6.72. The van der Waals surface area contributed by atoms with Gasteiger partial charge in [-0.1, -0.05) is 13.8 Å². The molecule has 0 unspecified atom stereocenters. The first-order valence-corrected chi connectivity index (χ1v) is 6.72. The Morgan fingerprint density at radius 3 is 2.87 bits per heavy atom. The van der Waals surface area contributed by atoms with Crippen molar-refractivity contribution in [1.82, 2.24) is 20.6 Å². The van der Waals surface area contributed by atoms with Crippen LogP contribution in [0.1, 0.15) is 19.7 Å². The maximum absolute atomic E-state index is 13.7. The van der Waals surface area contributed by atoms with Crippen LogP contribution in [-0.2, 0) is 4.79 Å². The van der Waals surface area contributed by atoms with Crippen molar-refractivity contribution in [3.05, 3.63) is 36.0 Å². The van der Waals surface area contributed by atoms with E-state index in [1.54, 1.807) is 13.8 Å². The summed E-state index contributed by atoms with van der Waals surface area (Å²) in [4.78, 5) is 11.7. The first kappa shape index (κ1) is 16.1. The van der Waals surface area contributed by atoms with Gasteiger partial charge < -0.3 is 10.6 Å². The van der Waals surface area contributed by atoms with Crippen LogP contribution in [-0.4, -0.2) is 26.5 Å². The molecule has 0 saturated carbocycles. The smallest absolute Gasteiger partial charge is 0.227 e. The topological polar surface area (TPSA) is 119 Å². The molecule has 0 bridgehead atoms. The molecule has 3 N–H and O–H groups in total. The molecule has 0 aliphatic heterocycles. The number of tetrazole rings is 1. The predicted molar refractivity (Wildman–Crippen MR) is 81.3 cm³/mol. The summed E-state index contributed by atoms with van der Waals surface area (Å²) in [6.07, 6.45) is 1.37. The lowest BCUT2D eigenvalue weighted by Crippen LogP contribution is -2.18. The van der Waals surface area contributed by atoms with Crippen LogP contribution in [0.4, 0.5) is 15.8 Å². The average Bonchev–Trinajstić information content (AvgIpc) is 3.05. The lowest BCUT2D eigenvalue weighted by atomic mass is 10.2. The molecule has 23 heavy (non-hydrogen) atoms. The Hall–Kier alpha value is -3.28. The molecule has 1 aromatic carbocycles. The second-order valence-corrected chi connectivity index (χ2v) is 4.89. The van der Waals surface area contributed by atoms with E-state index < -0.39 is 5.82 Å². The number of anilines is 2. The second-order valence-electron chi connectivity index (χ2n) is 4.89. The third-order valence-corrected chi connectivity index (χ3v) is 2.84. The van der Waals surface area contributed by atoms with Crippen molar-refractivity contribution in [3.8, 4) is 6.07 Å². The number of aromatic amines is 1. The minimum atomic E-state index is -0.549. The summed E-state index contributed by atoms with van der Waals surface area (Å²) in [7, 11) is 0. The minimum Gasteiger partial charge on any atom is -0.360 e. The van der Waals surface area contributed by atoms with E-state index in [0.29, 0.717) is 5.69 Å². The number of nitrogens with one attached hydrogen (secondary N) is 3. The number of rotatable bonds is 5. The third kappa shape index (κ3) is 4.10. The molecule has 0 fully saturated rings. The standard InChI is InChI=1S/C14H14FN7O/c1-8(2)14(23)18-12-5-10(3-4-11(12)15)17-7-9(6-16)13-19-21-22-20-13/h3-5,7-8,17H,1-2H3,(H,18,23)(H,19,20,21,22). The summed E-state index contributed by atoms with van der Waals surface area (Å²) < 4.78 is 13.7. The van der Waals surface area contributed by atoms with Gasteiger partial charge in [0.05, 0.1) is 5.69 Å². The number of benzene rings is 1. The van der Waals surface area contributed by atoms with Crippen LogP contribution in [0.2, 0.25) is 0 Å². The minimum absolute atomic E-state index is 0.0557. The highest BCUT2D eigenvalue weighted by Crippen LogP contribution is 2.21. The lowest BCUT2D eigenvalue weighted by molar-refractivity contribution is -0.118. The summed E-state index contributed by atoms with van der Waals surface area (Å²) in [6.45, 7) is 3.42. The number of halogens is 1. The summed E-state index contributed by atoms with van der Waals surface area (Å²) in [5.74, 6) is -0.974. The van der Waals surface area contributed by atoms with E-state index in [2.05, 4.69) is 31.3 Å². The number of carbonyl (C=O) groups is 1. The molecular weight excluding hydrogens is 301 g/mol. The Bertz CT molecular complexity index is 762. The fraction of sp³-hybridized carbons (Fsp3) is 0.214. The number of carbonyl (C=O) groups excluding carboxylic acids is 1. The van der Waals surface area contributed by atoms with Gasteiger partial charge in [0.15, 0.2) is 0 Å².